The Kier molecular flexibility index (Phi) is 4.99. The van der Waals surface area contributed by atoms with Crippen molar-refractivity contribution in [1.82, 2.24) is 10.6 Å². The first-order valence-corrected chi connectivity index (χ1v) is 9.07. The molecule has 0 radical (unpaired) electrons. The Morgan fingerprint density at radius 2 is 1.62 bits per heavy atom. The van der Waals surface area contributed by atoms with Crippen LogP contribution in [0.15, 0.2) is 0 Å². The number of carbonyl (C=O) groups excluding carboxylic acids is 2. The van der Waals surface area contributed by atoms with Crippen LogP contribution in [0.1, 0.15) is 44.9 Å². The number of ether oxygens (including phenoxy) is 2. The zero-order chi connectivity index (χ0) is 17.3. The van der Waals surface area contributed by atoms with Crippen LogP contribution in [-0.4, -0.2) is 42.9 Å². The van der Waals surface area contributed by atoms with E-state index in [1.807, 2.05) is 0 Å². The Morgan fingerprint density at radius 1 is 1.08 bits per heavy atom. The number of hydrogen-bond donors (Lipinski definition) is 2. The van der Waals surface area contributed by atoms with Gasteiger partial charge < -0.3 is 20.1 Å². The summed E-state index contributed by atoms with van der Waals surface area (Å²) in [5, 5.41) is 6.87. The third-order valence-electron chi connectivity index (χ3n) is 5.81. The Balaban J connectivity index is 1.61. The maximum Gasteiger partial charge on any atom is 0.328 e. The highest BCUT2D eigenvalue weighted by molar-refractivity contribution is 7.80. The summed E-state index contributed by atoms with van der Waals surface area (Å²) >= 11 is 5.44. The summed E-state index contributed by atoms with van der Waals surface area (Å²) in [5.41, 5.74) is 0.0603. The number of thiocarbonyl (C=S) groups is 1. The zero-order valence-corrected chi connectivity index (χ0v) is 15.1. The van der Waals surface area contributed by atoms with E-state index < -0.39 is 18.0 Å². The van der Waals surface area contributed by atoms with Crippen LogP contribution in [0.2, 0.25) is 0 Å². The van der Waals surface area contributed by atoms with Crippen molar-refractivity contribution in [3.63, 3.8) is 0 Å². The average molecular weight is 354 g/mol. The van der Waals surface area contributed by atoms with Crippen molar-refractivity contribution in [3.8, 4) is 0 Å². The van der Waals surface area contributed by atoms with Crippen LogP contribution in [0.25, 0.3) is 0 Å². The fourth-order valence-electron chi connectivity index (χ4n) is 5.28. The number of nitrogens with one attached hydrogen (secondary N) is 2. The molecule has 4 aliphatic carbocycles. The number of carbonyl (C=O) groups is 2. The summed E-state index contributed by atoms with van der Waals surface area (Å²) in [6, 6.07) is -0.823. The minimum atomic E-state index is -0.823. The van der Waals surface area contributed by atoms with E-state index in [0.29, 0.717) is 5.11 Å². The smallest absolute Gasteiger partial charge is 0.328 e. The van der Waals surface area contributed by atoms with Gasteiger partial charge in [0.15, 0.2) is 5.11 Å². The SMILES string of the molecule is COC(=O)C[C@H](NC(=S)NC12CC3CC(CC(C3)C1)C2)C(=O)OC. The van der Waals surface area contributed by atoms with Crippen LogP contribution >= 0.6 is 12.2 Å². The van der Waals surface area contributed by atoms with E-state index in [2.05, 4.69) is 15.4 Å². The fourth-order valence-corrected chi connectivity index (χ4v) is 5.64. The lowest BCUT2D eigenvalue weighted by molar-refractivity contribution is -0.149. The first-order chi connectivity index (χ1) is 11.4. The molecule has 0 saturated heterocycles. The van der Waals surface area contributed by atoms with Gasteiger partial charge >= 0.3 is 11.9 Å². The van der Waals surface area contributed by atoms with Gasteiger partial charge in [-0.25, -0.2) is 4.79 Å². The van der Waals surface area contributed by atoms with Crippen LogP contribution in [0.3, 0.4) is 0 Å². The van der Waals surface area contributed by atoms with Crippen LogP contribution in [0, 0.1) is 17.8 Å². The van der Waals surface area contributed by atoms with Crippen LogP contribution in [0.5, 0.6) is 0 Å². The van der Waals surface area contributed by atoms with Gasteiger partial charge in [0.1, 0.15) is 6.04 Å². The largest absolute Gasteiger partial charge is 0.469 e. The van der Waals surface area contributed by atoms with Crippen molar-refractivity contribution in [3.05, 3.63) is 0 Å². The summed E-state index contributed by atoms with van der Waals surface area (Å²) in [6.45, 7) is 0. The Hall–Kier alpha value is -1.37. The molecule has 134 valence electrons. The normalized spacial score (nSPS) is 34.3. The minimum Gasteiger partial charge on any atom is -0.469 e. The predicted octanol–water partition coefficient (Wildman–Crippen LogP) is 1.52. The van der Waals surface area contributed by atoms with Crippen molar-refractivity contribution in [2.75, 3.05) is 14.2 Å². The lowest BCUT2D eigenvalue weighted by Crippen LogP contribution is -2.62. The van der Waals surface area contributed by atoms with Gasteiger partial charge in [-0.05, 0) is 68.5 Å². The highest BCUT2D eigenvalue weighted by Crippen LogP contribution is 2.55. The van der Waals surface area contributed by atoms with Crippen molar-refractivity contribution in [1.29, 1.82) is 0 Å². The van der Waals surface area contributed by atoms with E-state index in [0.717, 1.165) is 37.0 Å². The molecule has 1 atom stereocenters. The third kappa shape index (κ3) is 3.66. The summed E-state index contributed by atoms with van der Waals surface area (Å²) in [7, 11) is 2.59. The summed E-state index contributed by atoms with van der Waals surface area (Å²) < 4.78 is 9.40. The Labute approximate surface area is 148 Å². The number of rotatable bonds is 5. The molecule has 4 bridgehead atoms. The number of methoxy groups -OCH3 is 2. The van der Waals surface area contributed by atoms with Gasteiger partial charge in [0, 0.05) is 5.54 Å². The first-order valence-electron chi connectivity index (χ1n) is 8.66. The van der Waals surface area contributed by atoms with Crippen LogP contribution in [-0.2, 0) is 19.1 Å². The molecule has 0 spiro atoms. The molecule has 2 N–H and O–H groups in total. The lowest BCUT2D eigenvalue weighted by atomic mass is 9.53. The van der Waals surface area contributed by atoms with Gasteiger partial charge in [-0.2, -0.15) is 0 Å². The summed E-state index contributed by atoms with van der Waals surface area (Å²) in [4.78, 5) is 23.4. The molecule has 0 aromatic rings. The third-order valence-corrected chi connectivity index (χ3v) is 6.03. The molecule has 7 heteroatoms. The topological polar surface area (TPSA) is 76.7 Å². The van der Waals surface area contributed by atoms with Crippen molar-refractivity contribution in [2.24, 2.45) is 17.8 Å². The van der Waals surface area contributed by atoms with Gasteiger partial charge in [-0.1, -0.05) is 0 Å². The van der Waals surface area contributed by atoms with Gasteiger partial charge in [0.25, 0.3) is 0 Å². The van der Waals surface area contributed by atoms with Crippen LogP contribution < -0.4 is 10.6 Å². The standard InChI is InChI=1S/C17H26N2O4S/c1-22-14(20)6-13(15(21)23-2)18-16(24)19-17-7-10-3-11(8-17)5-12(4-10)9-17/h10-13H,3-9H2,1-2H3,(H2,18,19,24)/t10?,11?,12?,13-,17?/m0/s1. The van der Waals surface area contributed by atoms with Crippen molar-refractivity contribution >= 4 is 29.3 Å². The molecule has 4 rings (SSSR count). The van der Waals surface area contributed by atoms with E-state index in [1.165, 1.54) is 33.5 Å². The maximum absolute atomic E-state index is 11.9. The first kappa shape index (κ1) is 17.5. The second kappa shape index (κ2) is 6.86. The van der Waals surface area contributed by atoms with Gasteiger partial charge in [-0.3, -0.25) is 4.79 Å². The van der Waals surface area contributed by atoms with E-state index in [9.17, 15) is 9.59 Å². The summed E-state index contributed by atoms with van der Waals surface area (Å²) in [5.74, 6) is 1.42. The van der Waals surface area contributed by atoms with Crippen molar-refractivity contribution < 1.29 is 19.1 Å². The maximum atomic E-state index is 11.9. The molecule has 4 saturated carbocycles. The Morgan fingerprint density at radius 3 is 2.08 bits per heavy atom. The molecule has 0 aliphatic heterocycles. The fraction of sp³-hybridized carbons (Fsp3) is 0.824. The molecule has 24 heavy (non-hydrogen) atoms. The molecule has 4 aliphatic rings. The van der Waals surface area contributed by atoms with Gasteiger partial charge in [0.05, 0.1) is 20.6 Å². The number of hydrogen-bond acceptors (Lipinski definition) is 5. The molecule has 0 heterocycles. The molecule has 4 fully saturated rings. The highest BCUT2D eigenvalue weighted by atomic mass is 32.1. The van der Waals surface area contributed by atoms with Crippen molar-refractivity contribution in [2.45, 2.75) is 56.5 Å². The molecule has 0 amide bonds. The van der Waals surface area contributed by atoms with E-state index in [4.69, 9.17) is 17.0 Å². The molecular formula is C17H26N2O4S. The Bertz CT molecular complexity index is 501. The predicted molar refractivity (Wildman–Crippen MR) is 92.2 cm³/mol. The molecule has 6 nitrogen and oxygen atoms in total. The van der Waals surface area contributed by atoms with Crippen LogP contribution in [0.4, 0.5) is 0 Å². The number of esters is 2. The molecule has 0 unspecified atom stereocenters. The molecule has 0 aromatic carbocycles. The average Bonchev–Trinajstić information content (AvgIpc) is 2.51. The van der Waals surface area contributed by atoms with E-state index >= 15 is 0 Å². The van der Waals surface area contributed by atoms with E-state index in [-0.39, 0.29) is 12.0 Å². The monoisotopic (exact) mass is 354 g/mol. The summed E-state index contributed by atoms with van der Waals surface area (Å²) in [6.07, 6.45) is 7.42. The lowest BCUT2D eigenvalue weighted by Gasteiger charge is -2.57. The highest BCUT2D eigenvalue weighted by Gasteiger charge is 2.51. The molecular weight excluding hydrogens is 328 g/mol. The minimum absolute atomic E-state index is 0.0603. The quantitative estimate of drug-likeness (QED) is 0.573. The van der Waals surface area contributed by atoms with Gasteiger partial charge in [0.2, 0.25) is 0 Å². The van der Waals surface area contributed by atoms with Gasteiger partial charge in [-0.15, -0.1) is 0 Å². The molecule has 0 aromatic heterocycles. The zero-order valence-electron chi connectivity index (χ0n) is 14.3. The van der Waals surface area contributed by atoms with E-state index in [1.54, 1.807) is 0 Å². The second-order valence-electron chi connectivity index (χ2n) is 7.65. The second-order valence-corrected chi connectivity index (χ2v) is 8.06.